The lowest BCUT2D eigenvalue weighted by Gasteiger charge is -2.06. The minimum atomic E-state index is -1.42. The second-order valence-corrected chi connectivity index (χ2v) is 3.07. The Bertz CT molecular complexity index is 137. The summed E-state index contributed by atoms with van der Waals surface area (Å²) in [5.41, 5.74) is 0. The van der Waals surface area contributed by atoms with E-state index >= 15 is 0 Å². The SMILES string of the molecule is CCCCCCC(F)C(=O)OCC. The van der Waals surface area contributed by atoms with Crippen LogP contribution in [-0.4, -0.2) is 18.7 Å². The molecule has 0 aliphatic heterocycles. The first-order valence-corrected chi connectivity index (χ1v) is 5.03. The van der Waals surface area contributed by atoms with Crippen LogP contribution in [0.2, 0.25) is 0 Å². The molecule has 3 heteroatoms. The van der Waals surface area contributed by atoms with Gasteiger partial charge in [-0.2, -0.15) is 0 Å². The summed E-state index contributed by atoms with van der Waals surface area (Å²) in [6.45, 7) is 4.04. The highest BCUT2D eigenvalue weighted by Gasteiger charge is 2.17. The number of carbonyl (C=O) groups excluding carboxylic acids is 1. The van der Waals surface area contributed by atoms with E-state index in [0.717, 1.165) is 25.7 Å². The number of carbonyl (C=O) groups is 1. The molecule has 0 aliphatic carbocycles. The quantitative estimate of drug-likeness (QED) is 0.456. The van der Waals surface area contributed by atoms with Gasteiger partial charge in [0.25, 0.3) is 0 Å². The van der Waals surface area contributed by atoms with Gasteiger partial charge in [-0.3, -0.25) is 0 Å². The van der Waals surface area contributed by atoms with Crippen molar-refractivity contribution in [3.05, 3.63) is 0 Å². The van der Waals surface area contributed by atoms with Crippen molar-refractivity contribution < 1.29 is 13.9 Å². The van der Waals surface area contributed by atoms with Crippen LogP contribution in [-0.2, 0) is 9.53 Å². The summed E-state index contributed by atoms with van der Waals surface area (Å²) in [5, 5.41) is 0. The molecule has 0 aromatic rings. The van der Waals surface area contributed by atoms with E-state index in [9.17, 15) is 9.18 Å². The highest BCUT2D eigenvalue weighted by Crippen LogP contribution is 2.09. The van der Waals surface area contributed by atoms with Crippen molar-refractivity contribution in [2.75, 3.05) is 6.61 Å². The van der Waals surface area contributed by atoms with Crippen molar-refractivity contribution in [2.45, 2.75) is 52.1 Å². The Kier molecular flexibility index (Phi) is 7.65. The van der Waals surface area contributed by atoms with Crippen LogP contribution < -0.4 is 0 Å². The Morgan fingerprint density at radius 3 is 2.54 bits per heavy atom. The van der Waals surface area contributed by atoms with Crippen molar-refractivity contribution >= 4 is 5.97 Å². The maximum atomic E-state index is 12.9. The van der Waals surface area contributed by atoms with Crippen molar-refractivity contribution in [3.8, 4) is 0 Å². The number of alkyl halides is 1. The van der Waals surface area contributed by atoms with E-state index in [4.69, 9.17) is 0 Å². The smallest absolute Gasteiger partial charge is 0.340 e. The maximum Gasteiger partial charge on any atom is 0.340 e. The molecule has 0 bridgehead atoms. The fraction of sp³-hybridized carbons (Fsp3) is 0.900. The lowest BCUT2D eigenvalue weighted by Crippen LogP contribution is -2.18. The molecule has 78 valence electrons. The molecule has 0 aromatic heterocycles. The van der Waals surface area contributed by atoms with Crippen LogP contribution in [0.5, 0.6) is 0 Å². The normalized spacial score (nSPS) is 12.5. The highest BCUT2D eigenvalue weighted by atomic mass is 19.1. The van der Waals surface area contributed by atoms with Crippen LogP contribution >= 0.6 is 0 Å². The summed E-state index contributed by atoms with van der Waals surface area (Å²) in [5.74, 6) is -0.709. The average molecular weight is 190 g/mol. The van der Waals surface area contributed by atoms with E-state index in [-0.39, 0.29) is 6.61 Å². The minimum absolute atomic E-state index is 0.258. The third kappa shape index (κ3) is 6.55. The van der Waals surface area contributed by atoms with E-state index in [2.05, 4.69) is 11.7 Å². The summed E-state index contributed by atoms with van der Waals surface area (Å²) < 4.78 is 17.5. The van der Waals surface area contributed by atoms with Gasteiger partial charge < -0.3 is 4.74 Å². The highest BCUT2D eigenvalue weighted by molar-refractivity contribution is 5.74. The molecular weight excluding hydrogens is 171 g/mol. The standard InChI is InChI=1S/C10H19FO2/c1-3-5-6-7-8-9(11)10(12)13-4-2/h9H,3-8H2,1-2H3. The molecule has 13 heavy (non-hydrogen) atoms. The molecule has 0 N–H and O–H groups in total. The van der Waals surface area contributed by atoms with E-state index in [1.54, 1.807) is 6.92 Å². The summed E-state index contributed by atoms with van der Waals surface area (Å²) >= 11 is 0. The maximum absolute atomic E-state index is 12.9. The largest absolute Gasteiger partial charge is 0.464 e. The van der Waals surface area contributed by atoms with E-state index in [0.29, 0.717) is 6.42 Å². The van der Waals surface area contributed by atoms with Gasteiger partial charge in [0.05, 0.1) is 6.61 Å². The molecule has 2 nitrogen and oxygen atoms in total. The van der Waals surface area contributed by atoms with Crippen LogP contribution in [0.3, 0.4) is 0 Å². The number of halogens is 1. The minimum Gasteiger partial charge on any atom is -0.464 e. The molecule has 0 saturated carbocycles. The first kappa shape index (κ1) is 12.4. The van der Waals surface area contributed by atoms with E-state index < -0.39 is 12.1 Å². The topological polar surface area (TPSA) is 26.3 Å². The fourth-order valence-electron chi connectivity index (χ4n) is 1.10. The van der Waals surface area contributed by atoms with Crippen LogP contribution in [0.4, 0.5) is 4.39 Å². The van der Waals surface area contributed by atoms with Crippen molar-refractivity contribution in [1.29, 1.82) is 0 Å². The molecule has 0 aliphatic rings. The number of esters is 1. The first-order chi connectivity index (χ1) is 6.22. The summed E-state index contributed by atoms with van der Waals surface area (Å²) in [4.78, 5) is 10.8. The number of hydrogen-bond acceptors (Lipinski definition) is 2. The van der Waals surface area contributed by atoms with Crippen molar-refractivity contribution in [3.63, 3.8) is 0 Å². The summed E-state index contributed by atoms with van der Waals surface area (Å²) in [6, 6.07) is 0. The number of rotatable bonds is 7. The van der Waals surface area contributed by atoms with Crippen LogP contribution in [0.1, 0.15) is 46.0 Å². The monoisotopic (exact) mass is 190 g/mol. The average Bonchev–Trinajstić information content (AvgIpc) is 2.12. The molecule has 0 rings (SSSR count). The molecule has 1 atom stereocenters. The predicted octanol–water partition coefficient (Wildman–Crippen LogP) is 2.86. The van der Waals surface area contributed by atoms with Gasteiger partial charge in [-0.05, 0) is 19.8 Å². The zero-order valence-electron chi connectivity index (χ0n) is 8.51. The lowest BCUT2D eigenvalue weighted by atomic mass is 10.1. The predicted molar refractivity (Wildman–Crippen MR) is 50.3 cm³/mol. The molecule has 0 spiro atoms. The Hall–Kier alpha value is -0.600. The van der Waals surface area contributed by atoms with Gasteiger partial charge in [0, 0.05) is 0 Å². The van der Waals surface area contributed by atoms with Gasteiger partial charge in [-0.1, -0.05) is 26.2 Å². The van der Waals surface area contributed by atoms with Gasteiger partial charge in [0.2, 0.25) is 0 Å². The van der Waals surface area contributed by atoms with Gasteiger partial charge in [0.15, 0.2) is 6.17 Å². The third-order valence-electron chi connectivity index (χ3n) is 1.85. The molecular formula is C10H19FO2. The Labute approximate surface area is 79.5 Å². The number of hydrogen-bond donors (Lipinski definition) is 0. The second-order valence-electron chi connectivity index (χ2n) is 3.07. The van der Waals surface area contributed by atoms with Crippen LogP contribution in [0.15, 0.2) is 0 Å². The summed E-state index contributed by atoms with van der Waals surface area (Å²) in [7, 11) is 0. The lowest BCUT2D eigenvalue weighted by molar-refractivity contribution is -0.149. The second kappa shape index (κ2) is 8.02. The Morgan fingerprint density at radius 1 is 1.31 bits per heavy atom. The molecule has 1 unspecified atom stereocenters. The molecule has 0 heterocycles. The molecule has 0 fully saturated rings. The van der Waals surface area contributed by atoms with Gasteiger partial charge in [-0.25, -0.2) is 9.18 Å². The molecule has 0 aromatic carbocycles. The molecule has 0 saturated heterocycles. The fourth-order valence-corrected chi connectivity index (χ4v) is 1.10. The molecule has 0 amide bonds. The zero-order valence-corrected chi connectivity index (χ0v) is 8.51. The van der Waals surface area contributed by atoms with Gasteiger partial charge in [0.1, 0.15) is 0 Å². The van der Waals surface area contributed by atoms with Crippen molar-refractivity contribution in [1.82, 2.24) is 0 Å². The van der Waals surface area contributed by atoms with E-state index in [1.165, 1.54) is 0 Å². The Balaban J connectivity index is 3.38. The van der Waals surface area contributed by atoms with Crippen molar-refractivity contribution in [2.24, 2.45) is 0 Å². The number of ether oxygens (including phenoxy) is 1. The van der Waals surface area contributed by atoms with Gasteiger partial charge >= 0.3 is 5.97 Å². The Morgan fingerprint density at radius 2 is 2.00 bits per heavy atom. The third-order valence-corrected chi connectivity index (χ3v) is 1.85. The van der Waals surface area contributed by atoms with Crippen LogP contribution in [0.25, 0.3) is 0 Å². The van der Waals surface area contributed by atoms with Gasteiger partial charge in [-0.15, -0.1) is 0 Å². The van der Waals surface area contributed by atoms with E-state index in [1.807, 2.05) is 0 Å². The first-order valence-electron chi connectivity index (χ1n) is 5.03. The number of unbranched alkanes of at least 4 members (excludes halogenated alkanes) is 3. The zero-order chi connectivity index (χ0) is 10.1. The molecule has 0 radical (unpaired) electrons. The summed E-state index contributed by atoms with van der Waals surface area (Å²) in [6.07, 6.45) is 2.88. The van der Waals surface area contributed by atoms with Crippen LogP contribution in [0, 0.1) is 0 Å².